The van der Waals surface area contributed by atoms with Crippen LogP contribution in [-0.2, 0) is 10.3 Å². The van der Waals surface area contributed by atoms with Crippen molar-refractivity contribution in [1.82, 2.24) is 4.90 Å². The Morgan fingerprint density at radius 2 is 1.91 bits per heavy atom. The molecule has 126 valence electrons. The lowest BCUT2D eigenvalue weighted by Crippen LogP contribution is -2.70. The number of carbonyl (C=O) groups is 1. The molecule has 0 unspecified atom stereocenters. The minimum absolute atomic E-state index is 0.153. The van der Waals surface area contributed by atoms with E-state index in [0.717, 1.165) is 42.1 Å². The molecule has 5 heteroatoms. The Morgan fingerprint density at radius 1 is 1.30 bits per heavy atom. The lowest BCUT2D eigenvalue weighted by molar-refractivity contribution is -0.107. The van der Waals surface area contributed by atoms with Crippen LogP contribution in [0.3, 0.4) is 0 Å². The van der Waals surface area contributed by atoms with Gasteiger partial charge in [0.1, 0.15) is 5.60 Å². The van der Waals surface area contributed by atoms with Crippen molar-refractivity contribution >= 4 is 17.7 Å². The van der Waals surface area contributed by atoms with Crippen LogP contribution < -0.4 is 5.73 Å². The van der Waals surface area contributed by atoms with Gasteiger partial charge in [0.15, 0.2) is 0 Å². The van der Waals surface area contributed by atoms with Crippen LogP contribution in [-0.4, -0.2) is 29.7 Å². The number of hydrogen-bond donors (Lipinski definition) is 1. The van der Waals surface area contributed by atoms with E-state index in [1.54, 1.807) is 4.90 Å². The van der Waals surface area contributed by atoms with Crippen LogP contribution in [0.4, 0.5) is 4.79 Å². The zero-order valence-corrected chi connectivity index (χ0v) is 15.0. The third kappa shape index (κ3) is 2.94. The predicted octanol–water partition coefficient (Wildman–Crippen LogP) is 3.83. The highest BCUT2D eigenvalue weighted by molar-refractivity contribution is 6.31. The molecular weight excluding hydrogens is 312 g/mol. The molecular formula is C18H25ClN2O2. The van der Waals surface area contributed by atoms with Gasteiger partial charge in [-0.2, -0.15) is 0 Å². The summed E-state index contributed by atoms with van der Waals surface area (Å²) in [7, 11) is 0. The first-order valence-corrected chi connectivity index (χ1v) is 8.44. The zero-order chi connectivity index (χ0) is 17.0. The van der Waals surface area contributed by atoms with E-state index in [9.17, 15) is 4.79 Å². The largest absolute Gasteiger partial charge is 0.444 e. The summed E-state index contributed by atoms with van der Waals surface area (Å²) in [4.78, 5) is 13.8. The fourth-order valence-corrected chi connectivity index (χ4v) is 4.24. The lowest BCUT2D eigenvalue weighted by atomic mass is 9.52. The van der Waals surface area contributed by atoms with Crippen molar-refractivity contribution in [3.8, 4) is 0 Å². The second kappa shape index (κ2) is 5.12. The molecule has 1 aliphatic heterocycles. The molecule has 2 N–H and O–H groups in total. The molecule has 1 amide bonds. The molecule has 0 atom stereocenters. The van der Waals surface area contributed by atoms with E-state index in [1.165, 1.54) is 0 Å². The van der Waals surface area contributed by atoms with E-state index >= 15 is 0 Å². The van der Waals surface area contributed by atoms with E-state index in [1.807, 2.05) is 39.8 Å². The Bertz CT molecular complexity index is 637. The molecule has 2 aliphatic rings. The molecule has 2 fully saturated rings. The van der Waals surface area contributed by atoms with Crippen LogP contribution in [0.1, 0.15) is 44.7 Å². The van der Waals surface area contributed by atoms with Gasteiger partial charge in [-0.05, 0) is 57.7 Å². The third-order valence-corrected chi connectivity index (χ3v) is 5.30. The van der Waals surface area contributed by atoms with Gasteiger partial charge in [0.2, 0.25) is 0 Å². The average Bonchev–Trinajstić information content (AvgIpc) is 2.33. The number of ether oxygens (including phenoxy) is 1. The maximum Gasteiger partial charge on any atom is 0.410 e. The number of amides is 1. The van der Waals surface area contributed by atoms with Crippen molar-refractivity contribution in [2.24, 2.45) is 11.1 Å². The van der Waals surface area contributed by atoms with E-state index < -0.39 is 5.60 Å². The highest BCUT2D eigenvalue weighted by Gasteiger charge is 2.60. The fraction of sp³-hybridized carbons (Fsp3) is 0.611. The number of nitrogens with two attached hydrogens (primary N) is 1. The topological polar surface area (TPSA) is 55.6 Å². The monoisotopic (exact) mass is 336 g/mol. The number of nitrogens with zero attached hydrogens (tertiary/aromatic N) is 1. The Kier molecular flexibility index (Phi) is 3.69. The second-order valence-electron chi connectivity index (χ2n) is 8.26. The van der Waals surface area contributed by atoms with Crippen molar-refractivity contribution < 1.29 is 9.53 Å². The number of hydrogen-bond acceptors (Lipinski definition) is 3. The Hall–Kier alpha value is -1.26. The summed E-state index contributed by atoms with van der Waals surface area (Å²) in [6.07, 6.45) is 1.55. The predicted molar refractivity (Wildman–Crippen MR) is 91.5 cm³/mol. The van der Waals surface area contributed by atoms with E-state index in [2.05, 4.69) is 6.07 Å². The standard InChI is InChI=1S/C18H25ClN2O2/c1-12-13(6-5-7-14(12)19)18(20)8-17(9-18)10-21(11-17)15(22)23-16(2,3)4/h5-7H,8-11,20H2,1-4H3. The van der Waals surface area contributed by atoms with Crippen molar-refractivity contribution in [2.75, 3.05) is 13.1 Å². The molecule has 1 saturated heterocycles. The molecule has 1 aromatic carbocycles. The summed E-state index contributed by atoms with van der Waals surface area (Å²) in [5.41, 5.74) is 8.18. The number of likely N-dealkylation sites (tertiary alicyclic amines) is 1. The quantitative estimate of drug-likeness (QED) is 0.847. The number of rotatable bonds is 1. The molecule has 0 radical (unpaired) electrons. The van der Waals surface area contributed by atoms with Crippen LogP contribution in [0.15, 0.2) is 18.2 Å². The maximum atomic E-state index is 12.1. The Labute approximate surface area is 142 Å². The first-order valence-electron chi connectivity index (χ1n) is 8.06. The minimum atomic E-state index is -0.449. The zero-order valence-electron chi connectivity index (χ0n) is 14.3. The van der Waals surface area contributed by atoms with Crippen molar-refractivity contribution in [3.63, 3.8) is 0 Å². The van der Waals surface area contributed by atoms with Crippen LogP contribution in [0.25, 0.3) is 0 Å². The number of carbonyl (C=O) groups excluding carboxylic acids is 1. The van der Waals surface area contributed by atoms with Crippen molar-refractivity contribution in [3.05, 3.63) is 34.3 Å². The van der Waals surface area contributed by atoms with Gasteiger partial charge < -0.3 is 15.4 Å². The summed E-state index contributed by atoms with van der Waals surface area (Å²) in [6, 6.07) is 5.92. The molecule has 3 rings (SSSR count). The van der Waals surface area contributed by atoms with E-state index in [4.69, 9.17) is 22.1 Å². The smallest absolute Gasteiger partial charge is 0.410 e. The summed E-state index contributed by atoms with van der Waals surface area (Å²) < 4.78 is 5.41. The summed E-state index contributed by atoms with van der Waals surface area (Å²) in [5.74, 6) is 0. The lowest BCUT2D eigenvalue weighted by Gasteiger charge is -2.63. The van der Waals surface area contributed by atoms with Gasteiger partial charge >= 0.3 is 6.09 Å². The van der Waals surface area contributed by atoms with E-state index in [-0.39, 0.29) is 17.0 Å². The second-order valence-corrected chi connectivity index (χ2v) is 8.67. The number of halogens is 1. The van der Waals surface area contributed by atoms with Crippen LogP contribution in [0.5, 0.6) is 0 Å². The SMILES string of the molecule is Cc1c(Cl)cccc1C1(N)CC2(CN(C(=O)OC(C)(C)C)C2)C1. The van der Waals surface area contributed by atoms with Gasteiger partial charge in [0.05, 0.1) is 0 Å². The van der Waals surface area contributed by atoms with Crippen LogP contribution >= 0.6 is 11.6 Å². The molecule has 1 aromatic rings. The minimum Gasteiger partial charge on any atom is -0.444 e. The molecule has 0 aromatic heterocycles. The van der Waals surface area contributed by atoms with Gasteiger partial charge in [0, 0.05) is 29.1 Å². The van der Waals surface area contributed by atoms with Gasteiger partial charge in [-0.3, -0.25) is 0 Å². The average molecular weight is 337 g/mol. The van der Waals surface area contributed by atoms with Crippen molar-refractivity contribution in [2.45, 2.75) is 51.7 Å². The molecule has 1 heterocycles. The summed E-state index contributed by atoms with van der Waals surface area (Å²) in [5, 5.41) is 0.761. The van der Waals surface area contributed by atoms with Gasteiger partial charge in [-0.1, -0.05) is 23.7 Å². The molecule has 1 spiro atoms. The van der Waals surface area contributed by atoms with Crippen molar-refractivity contribution in [1.29, 1.82) is 0 Å². The number of benzene rings is 1. The third-order valence-electron chi connectivity index (χ3n) is 4.89. The van der Waals surface area contributed by atoms with Crippen LogP contribution in [0, 0.1) is 12.3 Å². The maximum absolute atomic E-state index is 12.1. The van der Waals surface area contributed by atoms with Gasteiger partial charge in [-0.15, -0.1) is 0 Å². The highest BCUT2D eigenvalue weighted by Crippen LogP contribution is 2.58. The molecule has 1 saturated carbocycles. The normalized spacial score (nSPS) is 21.6. The van der Waals surface area contributed by atoms with E-state index in [0.29, 0.717) is 0 Å². The first-order chi connectivity index (χ1) is 10.5. The van der Waals surface area contributed by atoms with Gasteiger partial charge in [0.25, 0.3) is 0 Å². The molecule has 1 aliphatic carbocycles. The summed E-state index contributed by atoms with van der Waals surface area (Å²) in [6.45, 7) is 9.15. The molecule has 23 heavy (non-hydrogen) atoms. The van der Waals surface area contributed by atoms with Gasteiger partial charge in [-0.25, -0.2) is 4.79 Å². The fourth-order valence-electron chi connectivity index (χ4n) is 4.07. The first kappa shape index (κ1) is 16.6. The molecule has 0 bridgehead atoms. The molecule has 4 nitrogen and oxygen atoms in total. The summed E-state index contributed by atoms with van der Waals surface area (Å²) >= 11 is 6.22. The highest BCUT2D eigenvalue weighted by atomic mass is 35.5. The van der Waals surface area contributed by atoms with Crippen LogP contribution in [0.2, 0.25) is 5.02 Å². The Balaban J connectivity index is 1.62. The Morgan fingerprint density at radius 3 is 2.48 bits per heavy atom.